The van der Waals surface area contributed by atoms with Crippen molar-refractivity contribution in [3.8, 4) is 0 Å². The summed E-state index contributed by atoms with van der Waals surface area (Å²) in [6.45, 7) is 1.97. The predicted molar refractivity (Wildman–Crippen MR) is 105 cm³/mol. The van der Waals surface area contributed by atoms with Gasteiger partial charge < -0.3 is 10.2 Å². The lowest BCUT2D eigenvalue weighted by Crippen LogP contribution is -2.38. The van der Waals surface area contributed by atoms with Gasteiger partial charge >= 0.3 is 0 Å². The molecule has 0 saturated carbocycles. The van der Waals surface area contributed by atoms with Crippen molar-refractivity contribution in [2.45, 2.75) is 32.2 Å². The number of halogens is 1. The number of aromatic nitrogens is 1. The van der Waals surface area contributed by atoms with Crippen LogP contribution in [0.3, 0.4) is 0 Å². The molecule has 1 fully saturated rings. The van der Waals surface area contributed by atoms with Crippen molar-refractivity contribution in [2.24, 2.45) is 5.92 Å². The van der Waals surface area contributed by atoms with Crippen molar-refractivity contribution < 1.29 is 9.59 Å². The highest BCUT2D eigenvalue weighted by molar-refractivity contribution is 6.33. The highest BCUT2D eigenvalue weighted by Gasteiger charge is 2.24. The minimum atomic E-state index is -0.00542. The third-order valence-corrected chi connectivity index (χ3v) is 5.35. The van der Waals surface area contributed by atoms with Gasteiger partial charge in [0.25, 0.3) is 5.91 Å². The summed E-state index contributed by atoms with van der Waals surface area (Å²) in [6.07, 6.45) is 6.67. The minimum absolute atomic E-state index is 0.00542. The molecule has 3 rings (SSSR count). The van der Waals surface area contributed by atoms with Crippen LogP contribution >= 0.6 is 11.6 Å². The monoisotopic (exact) mass is 385 g/mol. The fourth-order valence-electron chi connectivity index (χ4n) is 3.35. The van der Waals surface area contributed by atoms with Gasteiger partial charge in [-0.2, -0.15) is 0 Å². The van der Waals surface area contributed by atoms with E-state index in [0.29, 0.717) is 42.6 Å². The van der Waals surface area contributed by atoms with E-state index in [4.69, 9.17) is 11.6 Å². The van der Waals surface area contributed by atoms with Crippen LogP contribution in [0.1, 0.15) is 41.6 Å². The van der Waals surface area contributed by atoms with Crippen molar-refractivity contribution in [1.82, 2.24) is 15.2 Å². The average Bonchev–Trinajstić information content (AvgIpc) is 2.72. The number of piperidine rings is 1. The first-order chi connectivity index (χ1) is 13.1. The summed E-state index contributed by atoms with van der Waals surface area (Å²) in [4.78, 5) is 30.5. The molecule has 142 valence electrons. The number of likely N-dealkylation sites (tertiary alicyclic amines) is 1. The zero-order chi connectivity index (χ0) is 19.1. The molecule has 1 N–H and O–H groups in total. The highest BCUT2D eigenvalue weighted by Crippen LogP contribution is 2.25. The van der Waals surface area contributed by atoms with E-state index in [0.717, 1.165) is 24.8 Å². The second-order valence-corrected chi connectivity index (χ2v) is 7.29. The van der Waals surface area contributed by atoms with Crippen LogP contribution in [0.25, 0.3) is 0 Å². The van der Waals surface area contributed by atoms with Crippen LogP contribution in [0.2, 0.25) is 5.02 Å². The normalized spacial score (nSPS) is 14.8. The SMILES string of the molecule is O=C(CCC1CCN(C(=O)c2ccccc2Cl)CC1)NCc1ccncc1. The van der Waals surface area contributed by atoms with Crippen molar-refractivity contribution >= 4 is 23.4 Å². The van der Waals surface area contributed by atoms with Crippen molar-refractivity contribution in [1.29, 1.82) is 0 Å². The first kappa shape index (κ1) is 19.4. The molecule has 0 unspecified atom stereocenters. The molecule has 2 aromatic rings. The van der Waals surface area contributed by atoms with E-state index in [9.17, 15) is 9.59 Å². The Morgan fingerprint density at radius 1 is 1.11 bits per heavy atom. The molecule has 6 heteroatoms. The molecule has 2 heterocycles. The maximum absolute atomic E-state index is 12.6. The molecular formula is C21H24ClN3O2. The van der Waals surface area contributed by atoms with Crippen LogP contribution in [0.5, 0.6) is 0 Å². The van der Waals surface area contributed by atoms with Crippen LogP contribution < -0.4 is 5.32 Å². The van der Waals surface area contributed by atoms with Crippen LogP contribution in [0.4, 0.5) is 0 Å². The third-order valence-electron chi connectivity index (χ3n) is 5.02. The van der Waals surface area contributed by atoms with E-state index < -0.39 is 0 Å². The van der Waals surface area contributed by atoms with Gasteiger partial charge in [0.05, 0.1) is 10.6 Å². The average molecular weight is 386 g/mol. The lowest BCUT2D eigenvalue weighted by atomic mass is 9.91. The van der Waals surface area contributed by atoms with E-state index >= 15 is 0 Å². The topological polar surface area (TPSA) is 62.3 Å². The Morgan fingerprint density at radius 2 is 1.81 bits per heavy atom. The molecule has 5 nitrogen and oxygen atoms in total. The fraction of sp³-hybridized carbons (Fsp3) is 0.381. The maximum atomic E-state index is 12.6. The molecule has 1 aromatic heterocycles. The zero-order valence-electron chi connectivity index (χ0n) is 15.2. The van der Waals surface area contributed by atoms with E-state index in [-0.39, 0.29) is 11.8 Å². The molecule has 0 radical (unpaired) electrons. The lowest BCUT2D eigenvalue weighted by Gasteiger charge is -2.32. The standard InChI is InChI=1S/C21H24ClN3O2/c22-19-4-2-1-3-18(19)21(27)25-13-9-16(10-14-25)5-6-20(26)24-15-17-7-11-23-12-8-17/h1-4,7-8,11-12,16H,5-6,9-10,13-15H2,(H,24,26). The molecule has 0 spiro atoms. The first-order valence-corrected chi connectivity index (χ1v) is 9.70. The molecule has 1 saturated heterocycles. The third kappa shape index (κ3) is 5.54. The van der Waals surface area contributed by atoms with E-state index in [1.807, 2.05) is 29.2 Å². The molecule has 1 aliphatic heterocycles. The van der Waals surface area contributed by atoms with Gasteiger partial charge in [0.15, 0.2) is 0 Å². The van der Waals surface area contributed by atoms with E-state index in [2.05, 4.69) is 10.3 Å². The van der Waals surface area contributed by atoms with Crippen LogP contribution in [0.15, 0.2) is 48.8 Å². The van der Waals surface area contributed by atoms with Crippen LogP contribution in [-0.2, 0) is 11.3 Å². The second-order valence-electron chi connectivity index (χ2n) is 6.89. The summed E-state index contributed by atoms with van der Waals surface area (Å²) >= 11 is 6.13. The van der Waals surface area contributed by atoms with Gasteiger partial charge in [0.2, 0.25) is 5.91 Å². The molecule has 1 aromatic carbocycles. The number of nitrogens with zero attached hydrogens (tertiary/aromatic N) is 2. The Labute approximate surface area is 164 Å². The number of amides is 2. The number of carbonyl (C=O) groups is 2. The summed E-state index contributed by atoms with van der Waals surface area (Å²) in [5.74, 6) is 0.544. The minimum Gasteiger partial charge on any atom is -0.352 e. The summed E-state index contributed by atoms with van der Waals surface area (Å²) in [7, 11) is 0. The van der Waals surface area contributed by atoms with Gasteiger partial charge in [-0.15, -0.1) is 0 Å². The fourth-order valence-corrected chi connectivity index (χ4v) is 3.57. The Bertz CT molecular complexity index is 774. The predicted octanol–water partition coefficient (Wildman–Crippen LogP) is 3.68. The summed E-state index contributed by atoms with van der Waals surface area (Å²) in [6, 6.07) is 11.0. The first-order valence-electron chi connectivity index (χ1n) is 9.33. The lowest BCUT2D eigenvalue weighted by molar-refractivity contribution is -0.121. The molecule has 1 aliphatic rings. The van der Waals surface area contributed by atoms with Crippen LogP contribution in [0, 0.1) is 5.92 Å². The smallest absolute Gasteiger partial charge is 0.255 e. The molecule has 27 heavy (non-hydrogen) atoms. The number of carbonyl (C=O) groups excluding carboxylic acids is 2. The number of hydrogen-bond acceptors (Lipinski definition) is 3. The Balaban J connectivity index is 1.39. The van der Waals surface area contributed by atoms with Gasteiger partial charge in [-0.25, -0.2) is 0 Å². The van der Waals surface area contributed by atoms with Gasteiger partial charge in [0, 0.05) is 38.4 Å². The number of rotatable bonds is 6. The molecule has 0 aliphatic carbocycles. The Morgan fingerprint density at radius 3 is 2.52 bits per heavy atom. The second kappa shape index (κ2) is 9.51. The summed E-state index contributed by atoms with van der Waals surface area (Å²) in [5, 5.41) is 3.44. The largest absolute Gasteiger partial charge is 0.352 e. The number of pyridine rings is 1. The van der Waals surface area contributed by atoms with Crippen molar-refractivity contribution in [3.05, 3.63) is 64.9 Å². The Hall–Kier alpha value is -2.40. The van der Waals surface area contributed by atoms with Gasteiger partial charge in [-0.05, 0) is 55.0 Å². The summed E-state index contributed by atoms with van der Waals surface area (Å²) in [5.41, 5.74) is 1.61. The molecule has 2 amide bonds. The molecular weight excluding hydrogens is 362 g/mol. The number of benzene rings is 1. The quantitative estimate of drug-likeness (QED) is 0.824. The zero-order valence-corrected chi connectivity index (χ0v) is 16.0. The summed E-state index contributed by atoms with van der Waals surface area (Å²) < 4.78 is 0. The van der Waals surface area contributed by atoms with Crippen molar-refractivity contribution in [2.75, 3.05) is 13.1 Å². The van der Waals surface area contributed by atoms with Crippen LogP contribution in [-0.4, -0.2) is 34.8 Å². The molecule has 0 atom stereocenters. The number of nitrogens with one attached hydrogen (secondary N) is 1. The molecule has 0 bridgehead atoms. The van der Waals surface area contributed by atoms with Gasteiger partial charge in [0.1, 0.15) is 0 Å². The van der Waals surface area contributed by atoms with E-state index in [1.54, 1.807) is 24.5 Å². The van der Waals surface area contributed by atoms with E-state index in [1.165, 1.54) is 0 Å². The van der Waals surface area contributed by atoms with Gasteiger partial charge in [-0.3, -0.25) is 14.6 Å². The maximum Gasteiger partial charge on any atom is 0.255 e. The van der Waals surface area contributed by atoms with Crippen molar-refractivity contribution in [3.63, 3.8) is 0 Å². The Kier molecular flexibility index (Phi) is 6.82. The highest BCUT2D eigenvalue weighted by atomic mass is 35.5. The number of hydrogen-bond donors (Lipinski definition) is 1. The van der Waals surface area contributed by atoms with Gasteiger partial charge in [-0.1, -0.05) is 23.7 Å².